The van der Waals surface area contributed by atoms with Gasteiger partial charge in [0.1, 0.15) is 12.7 Å². The molecule has 0 aliphatic heterocycles. The number of carboxylic acid groups (broad SMARTS) is 2. The van der Waals surface area contributed by atoms with Crippen molar-refractivity contribution < 1.29 is 25.5 Å². The first-order chi connectivity index (χ1) is 18.7. The molecule has 4 N–H and O–H groups in total. The lowest BCUT2D eigenvalue weighted by molar-refractivity contribution is -0.425. The summed E-state index contributed by atoms with van der Waals surface area (Å²) >= 11 is 11.7. The molecule has 11 heteroatoms. The Morgan fingerprint density at radius 3 is 1.67 bits per heavy atom. The van der Waals surface area contributed by atoms with Crippen molar-refractivity contribution >= 4 is 35.1 Å². The third-order valence-electron chi connectivity index (χ3n) is 5.73. The summed E-state index contributed by atoms with van der Waals surface area (Å²) in [4.78, 5) is 36.6. The topological polar surface area (TPSA) is 157 Å². The molecule has 2 aromatic heterocycles. The zero-order chi connectivity index (χ0) is 28.2. The number of aromatic carboxylic acids is 2. The Hall–Kier alpha value is -3.92. The number of quaternary nitrogens is 1. The average Bonchev–Trinajstić information content (AvgIpc) is 2.94. The van der Waals surface area contributed by atoms with Crippen LogP contribution in [0.4, 0.5) is 0 Å². The van der Waals surface area contributed by atoms with Crippen molar-refractivity contribution in [3.8, 4) is 22.5 Å². The Bertz CT molecular complexity index is 1320. The second-order valence-corrected chi connectivity index (χ2v) is 9.57. The molecule has 0 atom stereocenters. The molecule has 1 fully saturated rings. The van der Waals surface area contributed by atoms with Crippen LogP contribution in [-0.2, 0) is 0 Å². The molecule has 5 rings (SSSR count). The number of carbonyl (C=O) groups excluding carboxylic acids is 1. The van der Waals surface area contributed by atoms with Crippen molar-refractivity contribution in [1.29, 1.82) is 0 Å². The van der Waals surface area contributed by atoms with E-state index in [9.17, 15) is 14.7 Å². The Morgan fingerprint density at radius 1 is 0.769 bits per heavy atom. The first-order valence-corrected chi connectivity index (χ1v) is 12.9. The van der Waals surface area contributed by atoms with Gasteiger partial charge in [0.15, 0.2) is 5.69 Å². The fourth-order valence-corrected chi connectivity index (χ4v) is 4.12. The number of halogens is 2. The largest absolute Gasteiger partial charge is 0.543 e. The van der Waals surface area contributed by atoms with E-state index < -0.39 is 11.9 Å². The second kappa shape index (κ2) is 14.9. The van der Waals surface area contributed by atoms with Crippen LogP contribution >= 0.6 is 23.2 Å². The Balaban J connectivity index is 0.000000174. The van der Waals surface area contributed by atoms with E-state index in [4.69, 9.17) is 28.3 Å². The third-order valence-corrected chi connectivity index (χ3v) is 6.20. The molecule has 0 unspecified atom stereocenters. The predicted molar refractivity (Wildman–Crippen MR) is 146 cm³/mol. The van der Waals surface area contributed by atoms with Crippen molar-refractivity contribution in [2.45, 2.75) is 38.1 Å². The van der Waals surface area contributed by atoms with Gasteiger partial charge in [0, 0.05) is 21.2 Å². The zero-order valence-electron chi connectivity index (χ0n) is 21.0. The van der Waals surface area contributed by atoms with E-state index in [2.05, 4.69) is 25.7 Å². The molecular weight excluding hydrogens is 541 g/mol. The van der Waals surface area contributed by atoms with Crippen molar-refractivity contribution in [2.75, 3.05) is 0 Å². The van der Waals surface area contributed by atoms with Gasteiger partial charge >= 0.3 is 5.97 Å². The summed E-state index contributed by atoms with van der Waals surface area (Å²) in [5, 5.41) is 20.6. The van der Waals surface area contributed by atoms with E-state index in [0.29, 0.717) is 21.4 Å². The van der Waals surface area contributed by atoms with Gasteiger partial charge in [0.2, 0.25) is 0 Å². The number of hydrogen-bond donors (Lipinski definition) is 2. The van der Waals surface area contributed by atoms with E-state index in [-0.39, 0.29) is 11.4 Å². The molecule has 0 radical (unpaired) electrons. The summed E-state index contributed by atoms with van der Waals surface area (Å²) in [6.45, 7) is 0. The minimum Gasteiger partial charge on any atom is -0.543 e. The number of carboxylic acids is 2. The second-order valence-electron chi connectivity index (χ2n) is 8.69. The molecule has 1 aliphatic rings. The van der Waals surface area contributed by atoms with E-state index >= 15 is 0 Å². The molecule has 1 saturated carbocycles. The van der Waals surface area contributed by atoms with Crippen molar-refractivity contribution in [3.63, 3.8) is 0 Å². The van der Waals surface area contributed by atoms with Crippen LogP contribution in [0, 0.1) is 0 Å². The summed E-state index contributed by atoms with van der Waals surface area (Å²) in [5.74, 6) is -2.41. The molecule has 0 saturated heterocycles. The van der Waals surface area contributed by atoms with Gasteiger partial charge in [0.05, 0.1) is 29.1 Å². The van der Waals surface area contributed by atoms with Gasteiger partial charge in [-0.15, -0.1) is 0 Å². The summed E-state index contributed by atoms with van der Waals surface area (Å²) in [6.07, 6.45) is 9.45. The van der Waals surface area contributed by atoms with E-state index in [0.717, 1.165) is 17.2 Å². The van der Waals surface area contributed by atoms with Gasteiger partial charge < -0.3 is 20.7 Å². The molecule has 4 aromatic rings. The van der Waals surface area contributed by atoms with Gasteiger partial charge in [-0.2, -0.15) is 0 Å². The first kappa shape index (κ1) is 29.6. The molecule has 2 aromatic carbocycles. The number of rotatable bonds is 4. The maximum absolute atomic E-state index is 10.7. The highest BCUT2D eigenvalue weighted by Crippen LogP contribution is 2.22. The van der Waals surface area contributed by atoms with Crippen LogP contribution in [0.1, 0.15) is 53.1 Å². The van der Waals surface area contributed by atoms with Gasteiger partial charge in [-0.1, -0.05) is 53.9 Å². The summed E-state index contributed by atoms with van der Waals surface area (Å²) in [7, 11) is 0. The molecule has 2 heterocycles. The van der Waals surface area contributed by atoms with E-state index in [1.807, 2.05) is 0 Å². The molecule has 202 valence electrons. The van der Waals surface area contributed by atoms with Crippen molar-refractivity contribution in [3.05, 3.63) is 94.8 Å². The maximum atomic E-state index is 10.7. The van der Waals surface area contributed by atoms with E-state index in [1.165, 1.54) is 56.9 Å². The highest BCUT2D eigenvalue weighted by Gasteiger charge is 2.10. The molecule has 0 amide bonds. The Morgan fingerprint density at radius 2 is 1.26 bits per heavy atom. The lowest BCUT2D eigenvalue weighted by Gasteiger charge is -2.12. The van der Waals surface area contributed by atoms with Gasteiger partial charge in [-0.05, 0) is 62.1 Å². The number of aromatic nitrogens is 4. The molecule has 9 nitrogen and oxygen atoms in total. The molecule has 0 bridgehead atoms. The van der Waals surface area contributed by atoms with Crippen molar-refractivity contribution in [2.24, 2.45) is 0 Å². The fourth-order valence-electron chi connectivity index (χ4n) is 3.74. The molecule has 1 aliphatic carbocycles. The smallest absolute Gasteiger partial charge is 0.354 e. The molecule has 39 heavy (non-hydrogen) atoms. The predicted octanol–water partition coefficient (Wildman–Crippen LogP) is 4.22. The number of hydrogen-bond acceptors (Lipinski definition) is 7. The maximum Gasteiger partial charge on any atom is 0.354 e. The minimum absolute atomic E-state index is 0.0371. The van der Waals surface area contributed by atoms with Crippen LogP contribution < -0.4 is 10.8 Å². The Labute approximate surface area is 235 Å². The average molecular weight is 568 g/mol. The van der Waals surface area contributed by atoms with Crippen LogP contribution in [0.2, 0.25) is 10.0 Å². The Kier molecular flexibility index (Phi) is 11.3. The zero-order valence-corrected chi connectivity index (χ0v) is 22.5. The fraction of sp³-hybridized carbons (Fsp3) is 0.214. The van der Waals surface area contributed by atoms with E-state index in [1.54, 1.807) is 48.5 Å². The summed E-state index contributed by atoms with van der Waals surface area (Å²) in [5.41, 5.74) is 6.34. The van der Waals surface area contributed by atoms with Gasteiger partial charge in [0.25, 0.3) is 0 Å². The highest BCUT2D eigenvalue weighted by molar-refractivity contribution is 6.31. The lowest BCUT2D eigenvalue weighted by Crippen LogP contribution is -2.61. The number of benzene rings is 2. The quantitative estimate of drug-likeness (QED) is 0.371. The van der Waals surface area contributed by atoms with Gasteiger partial charge in [-0.3, -0.25) is 0 Å². The molecule has 0 spiro atoms. The lowest BCUT2D eigenvalue weighted by atomic mass is 9.97. The van der Waals surface area contributed by atoms with Crippen LogP contribution in [0.3, 0.4) is 0 Å². The normalized spacial score (nSPS) is 12.8. The highest BCUT2D eigenvalue weighted by atomic mass is 35.5. The molecular formula is C28H27Cl2N5O4. The van der Waals surface area contributed by atoms with Gasteiger partial charge in [-0.25, -0.2) is 24.7 Å². The SMILES string of the molecule is O=C(O)c1cc(-c2cccc(Cl)c2)ncn1.O=C([O-])c1cc(-c2cccc(Cl)c2)ncn1.[NH3+]C1CCCCC1. The van der Waals surface area contributed by atoms with Crippen LogP contribution in [0.25, 0.3) is 22.5 Å². The van der Waals surface area contributed by atoms with Crippen molar-refractivity contribution in [1.82, 2.24) is 19.9 Å². The standard InChI is InChI=1S/2C11H7ClN2O2.C6H13N/c2*12-8-3-1-2-7(4-8)9-5-10(11(15)16)14-6-13-9;7-6-4-2-1-3-5-6/h2*1-6H,(H,15,16);6H,1-5,7H2. The van der Waals surface area contributed by atoms with Crippen LogP contribution in [-0.4, -0.2) is 43.0 Å². The first-order valence-electron chi connectivity index (χ1n) is 12.2. The third kappa shape index (κ3) is 9.72. The number of carbonyl (C=O) groups is 2. The van der Waals surface area contributed by atoms with Crippen LogP contribution in [0.15, 0.2) is 73.3 Å². The summed E-state index contributed by atoms with van der Waals surface area (Å²) in [6, 6.07) is 17.6. The summed E-state index contributed by atoms with van der Waals surface area (Å²) < 4.78 is 0. The van der Waals surface area contributed by atoms with Crippen LogP contribution in [0.5, 0.6) is 0 Å². The monoisotopic (exact) mass is 567 g/mol. The number of nitrogens with zero attached hydrogens (tertiary/aromatic N) is 4. The minimum atomic E-state index is -1.33.